The predicted molar refractivity (Wildman–Crippen MR) is 114 cm³/mol. The lowest BCUT2D eigenvalue weighted by molar-refractivity contribution is -0.119. The summed E-state index contributed by atoms with van der Waals surface area (Å²) in [5.41, 5.74) is 4.92. The topological polar surface area (TPSA) is 61.4 Å². The van der Waals surface area contributed by atoms with E-state index in [1.54, 1.807) is 0 Å². The number of amides is 2. The lowest BCUT2D eigenvalue weighted by Crippen LogP contribution is -2.37. The second-order valence-electron chi connectivity index (χ2n) is 7.68. The fraction of sp³-hybridized carbons (Fsp3) is 0.391. The number of rotatable bonds is 8. The zero-order chi connectivity index (χ0) is 20.1. The molecule has 5 nitrogen and oxygen atoms in total. The van der Waals surface area contributed by atoms with Gasteiger partial charge in [0.2, 0.25) is 11.8 Å². The number of benzene rings is 2. The molecule has 0 atom stereocenters. The minimum Gasteiger partial charge on any atom is -0.326 e. The van der Waals surface area contributed by atoms with E-state index in [0.29, 0.717) is 25.6 Å². The zero-order valence-electron chi connectivity index (χ0n) is 16.9. The SMILES string of the molecule is Cc1ccc(C)c(NC(=O)CN(CCC(=O)Nc2ccccc2C)C2CC2)c1. The summed E-state index contributed by atoms with van der Waals surface area (Å²) in [5.74, 6) is -0.0465. The van der Waals surface area contributed by atoms with Crippen LogP contribution in [0.1, 0.15) is 36.0 Å². The van der Waals surface area contributed by atoms with Gasteiger partial charge >= 0.3 is 0 Å². The first kappa shape index (κ1) is 20.1. The molecule has 2 aromatic carbocycles. The standard InChI is InChI=1S/C23H29N3O2/c1-16-8-9-18(3)21(14-16)25-23(28)15-26(19-10-11-19)13-12-22(27)24-20-7-5-4-6-17(20)2/h4-9,14,19H,10-13,15H2,1-3H3,(H,24,27)(H,25,28). The number of hydrogen-bond donors (Lipinski definition) is 2. The highest BCUT2D eigenvalue weighted by Crippen LogP contribution is 2.27. The number of carbonyl (C=O) groups excluding carboxylic acids is 2. The van der Waals surface area contributed by atoms with Gasteiger partial charge in [0.25, 0.3) is 0 Å². The first-order valence-corrected chi connectivity index (χ1v) is 9.89. The largest absolute Gasteiger partial charge is 0.326 e. The van der Waals surface area contributed by atoms with Crippen molar-refractivity contribution >= 4 is 23.2 Å². The second kappa shape index (κ2) is 9.02. The summed E-state index contributed by atoms with van der Waals surface area (Å²) in [6.07, 6.45) is 2.56. The Hall–Kier alpha value is -2.66. The van der Waals surface area contributed by atoms with Crippen molar-refractivity contribution in [1.29, 1.82) is 0 Å². The van der Waals surface area contributed by atoms with Crippen LogP contribution in [0, 0.1) is 20.8 Å². The predicted octanol–water partition coefficient (Wildman–Crippen LogP) is 4.04. The van der Waals surface area contributed by atoms with Gasteiger partial charge in [0.15, 0.2) is 0 Å². The van der Waals surface area contributed by atoms with Crippen molar-refractivity contribution in [2.45, 2.75) is 46.1 Å². The molecule has 0 spiro atoms. The number of nitrogens with zero attached hydrogens (tertiary/aromatic N) is 1. The summed E-state index contributed by atoms with van der Waals surface area (Å²) in [7, 11) is 0. The van der Waals surface area contributed by atoms with Gasteiger partial charge in [0, 0.05) is 30.4 Å². The molecule has 0 aromatic heterocycles. The van der Waals surface area contributed by atoms with Gasteiger partial charge in [0.05, 0.1) is 6.54 Å². The average Bonchev–Trinajstić information content (AvgIpc) is 3.49. The van der Waals surface area contributed by atoms with Gasteiger partial charge < -0.3 is 10.6 Å². The molecule has 1 fully saturated rings. The molecular formula is C23H29N3O2. The Balaban J connectivity index is 1.52. The molecule has 2 N–H and O–H groups in total. The van der Waals surface area contributed by atoms with Gasteiger partial charge in [-0.15, -0.1) is 0 Å². The lowest BCUT2D eigenvalue weighted by Gasteiger charge is -2.21. The smallest absolute Gasteiger partial charge is 0.238 e. The van der Waals surface area contributed by atoms with E-state index in [1.807, 2.05) is 63.2 Å². The van der Waals surface area contributed by atoms with E-state index in [-0.39, 0.29) is 11.8 Å². The summed E-state index contributed by atoms with van der Waals surface area (Å²) in [6, 6.07) is 14.2. The van der Waals surface area contributed by atoms with Crippen LogP contribution in [0.3, 0.4) is 0 Å². The van der Waals surface area contributed by atoms with Gasteiger partial charge in [-0.25, -0.2) is 0 Å². The fourth-order valence-electron chi connectivity index (χ4n) is 3.25. The highest BCUT2D eigenvalue weighted by molar-refractivity contribution is 5.93. The van der Waals surface area contributed by atoms with Crippen LogP contribution >= 0.6 is 0 Å². The number of carbonyl (C=O) groups is 2. The third-order valence-electron chi connectivity index (χ3n) is 5.12. The maximum absolute atomic E-state index is 12.5. The Morgan fingerprint density at radius 1 is 0.929 bits per heavy atom. The van der Waals surface area contributed by atoms with Gasteiger partial charge in [-0.05, 0) is 62.4 Å². The molecule has 0 unspecified atom stereocenters. The summed E-state index contributed by atoms with van der Waals surface area (Å²) in [5, 5.41) is 5.98. The molecule has 28 heavy (non-hydrogen) atoms. The molecule has 1 aliphatic carbocycles. The van der Waals surface area contributed by atoms with Crippen molar-refractivity contribution in [3.05, 3.63) is 59.2 Å². The van der Waals surface area contributed by atoms with Gasteiger partial charge in [0.1, 0.15) is 0 Å². The Labute approximate surface area is 167 Å². The van der Waals surface area contributed by atoms with Crippen molar-refractivity contribution in [3.8, 4) is 0 Å². The molecule has 0 bridgehead atoms. The van der Waals surface area contributed by atoms with E-state index in [0.717, 1.165) is 40.9 Å². The van der Waals surface area contributed by atoms with Crippen LogP contribution in [0.2, 0.25) is 0 Å². The third kappa shape index (κ3) is 5.67. The maximum atomic E-state index is 12.5. The van der Waals surface area contributed by atoms with Gasteiger partial charge in [-0.3, -0.25) is 14.5 Å². The van der Waals surface area contributed by atoms with Crippen molar-refractivity contribution in [2.24, 2.45) is 0 Å². The minimum absolute atomic E-state index is 0.0186. The summed E-state index contributed by atoms with van der Waals surface area (Å²) in [4.78, 5) is 27.0. The van der Waals surface area contributed by atoms with Crippen LogP contribution < -0.4 is 10.6 Å². The van der Waals surface area contributed by atoms with Crippen molar-refractivity contribution in [1.82, 2.24) is 4.90 Å². The number of anilines is 2. The van der Waals surface area contributed by atoms with Crippen molar-refractivity contribution in [2.75, 3.05) is 23.7 Å². The number of aryl methyl sites for hydroxylation is 3. The maximum Gasteiger partial charge on any atom is 0.238 e. The molecule has 2 aromatic rings. The first-order valence-electron chi connectivity index (χ1n) is 9.89. The lowest BCUT2D eigenvalue weighted by atomic mass is 10.1. The highest BCUT2D eigenvalue weighted by atomic mass is 16.2. The summed E-state index contributed by atoms with van der Waals surface area (Å²) in [6.45, 7) is 6.88. The van der Waals surface area contributed by atoms with E-state index < -0.39 is 0 Å². The number of para-hydroxylation sites is 1. The van der Waals surface area contributed by atoms with E-state index in [1.165, 1.54) is 0 Å². The quantitative estimate of drug-likeness (QED) is 0.728. The van der Waals surface area contributed by atoms with Crippen LogP contribution in [-0.2, 0) is 9.59 Å². The Kier molecular flexibility index (Phi) is 6.47. The molecule has 1 aliphatic rings. The van der Waals surface area contributed by atoms with E-state index in [9.17, 15) is 9.59 Å². The van der Waals surface area contributed by atoms with Crippen LogP contribution in [0.25, 0.3) is 0 Å². The van der Waals surface area contributed by atoms with Crippen LogP contribution in [0.15, 0.2) is 42.5 Å². The van der Waals surface area contributed by atoms with Gasteiger partial charge in [-0.1, -0.05) is 30.3 Å². The van der Waals surface area contributed by atoms with Crippen LogP contribution in [0.4, 0.5) is 11.4 Å². The molecule has 2 amide bonds. The monoisotopic (exact) mass is 379 g/mol. The molecule has 3 rings (SSSR count). The first-order chi connectivity index (χ1) is 13.4. The molecule has 0 aliphatic heterocycles. The Morgan fingerprint density at radius 3 is 2.32 bits per heavy atom. The normalized spacial score (nSPS) is 13.4. The van der Waals surface area contributed by atoms with E-state index >= 15 is 0 Å². The van der Waals surface area contributed by atoms with Crippen molar-refractivity contribution < 1.29 is 9.59 Å². The Bertz CT molecular complexity index is 859. The minimum atomic E-state index is -0.0279. The fourth-order valence-corrected chi connectivity index (χ4v) is 3.25. The molecule has 0 heterocycles. The van der Waals surface area contributed by atoms with Crippen molar-refractivity contribution in [3.63, 3.8) is 0 Å². The molecule has 0 radical (unpaired) electrons. The molecule has 148 valence electrons. The zero-order valence-corrected chi connectivity index (χ0v) is 16.9. The number of hydrogen-bond acceptors (Lipinski definition) is 3. The molecule has 5 heteroatoms. The Morgan fingerprint density at radius 2 is 1.61 bits per heavy atom. The third-order valence-corrected chi connectivity index (χ3v) is 5.12. The summed E-state index contributed by atoms with van der Waals surface area (Å²) < 4.78 is 0. The molecule has 0 saturated heterocycles. The number of nitrogens with one attached hydrogen (secondary N) is 2. The van der Waals surface area contributed by atoms with Gasteiger partial charge in [-0.2, -0.15) is 0 Å². The highest BCUT2D eigenvalue weighted by Gasteiger charge is 2.30. The van der Waals surface area contributed by atoms with E-state index in [2.05, 4.69) is 15.5 Å². The van der Waals surface area contributed by atoms with Crippen LogP contribution in [-0.4, -0.2) is 35.8 Å². The van der Waals surface area contributed by atoms with E-state index in [4.69, 9.17) is 0 Å². The van der Waals surface area contributed by atoms with Crippen LogP contribution in [0.5, 0.6) is 0 Å². The summed E-state index contributed by atoms with van der Waals surface area (Å²) >= 11 is 0. The molecule has 1 saturated carbocycles. The molecular weight excluding hydrogens is 350 g/mol. The second-order valence-corrected chi connectivity index (χ2v) is 7.68. The average molecular weight is 380 g/mol.